The van der Waals surface area contributed by atoms with E-state index in [2.05, 4.69) is 19.9 Å². The molecule has 3 atom stereocenters. The summed E-state index contributed by atoms with van der Waals surface area (Å²) in [7, 11) is 0. The maximum absolute atomic E-state index is 10.3. The predicted molar refractivity (Wildman–Crippen MR) is 93.0 cm³/mol. The Bertz CT molecular complexity index is 804. The minimum absolute atomic E-state index is 0.0413. The van der Waals surface area contributed by atoms with Crippen LogP contribution < -0.4 is 5.32 Å². The zero-order chi connectivity index (χ0) is 15.8. The van der Waals surface area contributed by atoms with Crippen molar-refractivity contribution in [2.45, 2.75) is 31.5 Å². The lowest BCUT2D eigenvalue weighted by Crippen LogP contribution is -2.27. The minimum atomic E-state index is -0.348. The molecule has 0 spiro atoms. The number of nitrogens with zero attached hydrogens (tertiary/aromatic N) is 3. The Balaban J connectivity index is 1.45. The number of aromatic nitrogens is 3. The van der Waals surface area contributed by atoms with E-state index in [-0.39, 0.29) is 12.1 Å². The third-order valence-corrected chi connectivity index (χ3v) is 5.50. The Kier molecular flexibility index (Phi) is 3.97. The number of hydrogen-bond donors (Lipinski definition) is 2. The lowest BCUT2D eigenvalue weighted by molar-refractivity contribution is 0.166. The molecule has 1 aliphatic rings. The maximum atomic E-state index is 10.3. The van der Waals surface area contributed by atoms with Crippen molar-refractivity contribution < 1.29 is 5.11 Å². The van der Waals surface area contributed by atoms with Crippen LogP contribution in [0.2, 0.25) is 5.02 Å². The van der Waals surface area contributed by atoms with E-state index in [1.807, 2.05) is 30.7 Å². The van der Waals surface area contributed by atoms with Crippen LogP contribution in [0.1, 0.15) is 12.8 Å². The van der Waals surface area contributed by atoms with Crippen LogP contribution in [0.3, 0.4) is 0 Å². The van der Waals surface area contributed by atoms with E-state index in [0.717, 1.165) is 34.7 Å². The molecule has 0 aliphatic heterocycles. The van der Waals surface area contributed by atoms with Gasteiger partial charge in [0.05, 0.1) is 28.7 Å². The summed E-state index contributed by atoms with van der Waals surface area (Å²) in [6, 6.07) is 5.73. The van der Waals surface area contributed by atoms with Crippen molar-refractivity contribution in [3.63, 3.8) is 0 Å². The third kappa shape index (κ3) is 3.20. The van der Waals surface area contributed by atoms with E-state index in [1.54, 1.807) is 17.5 Å². The fraction of sp³-hybridized carbons (Fsp3) is 0.375. The Hall–Kier alpha value is -1.63. The van der Waals surface area contributed by atoms with E-state index < -0.39 is 0 Å². The molecular formula is C16H17ClN4OS. The summed E-state index contributed by atoms with van der Waals surface area (Å²) in [5.41, 5.74) is 0.935. The molecule has 23 heavy (non-hydrogen) atoms. The molecule has 5 nitrogen and oxygen atoms in total. The van der Waals surface area contributed by atoms with Crippen molar-refractivity contribution in [3.05, 3.63) is 41.9 Å². The van der Waals surface area contributed by atoms with Crippen LogP contribution in [0.25, 0.3) is 10.2 Å². The van der Waals surface area contributed by atoms with Crippen molar-refractivity contribution >= 4 is 38.3 Å². The molecule has 1 unspecified atom stereocenters. The summed E-state index contributed by atoms with van der Waals surface area (Å²) in [6.07, 6.45) is 6.95. The van der Waals surface area contributed by atoms with Crippen LogP contribution >= 0.6 is 22.9 Å². The minimum Gasteiger partial charge on any atom is -0.391 e. The van der Waals surface area contributed by atoms with Crippen LogP contribution in [0.5, 0.6) is 0 Å². The van der Waals surface area contributed by atoms with Gasteiger partial charge >= 0.3 is 0 Å². The maximum Gasteiger partial charge on any atom is 0.184 e. The number of halogens is 1. The first-order valence-electron chi connectivity index (χ1n) is 7.64. The Morgan fingerprint density at radius 3 is 3.13 bits per heavy atom. The van der Waals surface area contributed by atoms with Gasteiger partial charge in [-0.2, -0.15) is 0 Å². The van der Waals surface area contributed by atoms with Gasteiger partial charge in [-0.05, 0) is 37.0 Å². The Morgan fingerprint density at radius 1 is 1.39 bits per heavy atom. The molecule has 120 valence electrons. The topological polar surface area (TPSA) is 63.0 Å². The van der Waals surface area contributed by atoms with Gasteiger partial charge < -0.3 is 15.0 Å². The summed E-state index contributed by atoms with van der Waals surface area (Å²) in [5.74, 6) is 0.445. The van der Waals surface area contributed by atoms with E-state index in [9.17, 15) is 5.11 Å². The molecule has 2 heterocycles. The number of hydrogen-bond acceptors (Lipinski definition) is 5. The van der Waals surface area contributed by atoms with Crippen molar-refractivity contribution in [3.8, 4) is 0 Å². The predicted octanol–water partition coefficient (Wildman–Crippen LogP) is 3.40. The quantitative estimate of drug-likeness (QED) is 0.758. The number of rotatable bonds is 4. The molecule has 1 fully saturated rings. The van der Waals surface area contributed by atoms with Crippen LogP contribution in [-0.2, 0) is 6.54 Å². The largest absolute Gasteiger partial charge is 0.391 e. The van der Waals surface area contributed by atoms with Gasteiger partial charge in [-0.15, -0.1) is 0 Å². The molecule has 1 aromatic carbocycles. The van der Waals surface area contributed by atoms with Gasteiger partial charge in [0.1, 0.15) is 0 Å². The van der Waals surface area contributed by atoms with Crippen LogP contribution in [0.4, 0.5) is 5.13 Å². The number of aliphatic hydroxyl groups excluding tert-OH is 1. The second-order valence-electron chi connectivity index (χ2n) is 6.05. The Labute approximate surface area is 143 Å². The van der Waals surface area contributed by atoms with E-state index in [4.69, 9.17) is 11.6 Å². The molecule has 3 aromatic rings. The number of imidazole rings is 1. The molecule has 4 rings (SSSR count). The third-order valence-electron chi connectivity index (χ3n) is 4.31. The molecule has 0 saturated heterocycles. The lowest BCUT2D eigenvalue weighted by Gasteiger charge is -2.15. The van der Waals surface area contributed by atoms with E-state index >= 15 is 0 Å². The summed E-state index contributed by atoms with van der Waals surface area (Å²) in [5, 5.41) is 15.3. The number of aliphatic hydroxyl groups is 1. The Morgan fingerprint density at radius 2 is 2.30 bits per heavy atom. The molecule has 1 aliphatic carbocycles. The lowest BCUT2D eigenvalue weighted by atomic mass is 10.1. The average Bonchev–Trinajstić information content (AvgIpc) is 3.21. The van der Waals surface area contributed by atoms with Gasteiger partial charge in [0.15, 0.2) is 5.13 Å². The van der Waals surface area contributed by atoms with Crippen LogP contribution in [-0.4, -0.2) is 31.8 Å². The molecular weight excluding hydrogens is 332 g/mol. The first-order chi connectivity index (χ1) is 11.2. The summed E-state index contributed by atoms with van der Waals surface area (Å²) < 4.78 is 3.13. The molecule has 0 amide bonds. The number of anilines is 1. The van der Waals surface area contributed by atoms with Gasteiger partial charge in [-0.1, -0.05) is 22.9 Å². The van der Waals surface area contributed by atoms with Gasteiger partial charge in [-0.3, -0.25) is 0 Å². The van der Waals surface area contributed by atoms with E-state index in [0.29, 0.717) is 10.9 Å². The molecule has 0 radical (unpaired) electrons. The molecule has 7 heteroatoms. The second kappa shape index (κ2) is 6.11. The summed E-state index contributed by atoms with van der Waals surface area (Å²) in [4.78, 5) is 8.64. The fourth-order valence-corrected chi connectivity index (χ4v) is 4.44. The number of benzene rings is 1. The van der Waals surface area contributed by atoms with Crippen molar-refractivity contribution in [1.29, 1.82) is 0 Å². The summed E-state index contributed by atoms with van der Waals surface area (Å²) in [6.45, 7) is 0.894. The highest BCUT2D eigenvalue weighted by molar-refractivity contribution is 7.22. The van der Waals surface area contributed by atoms with Gasteiger partial charge in [0, 0.05) is 24.0 Å². The second-order valence-corrected chi connectivity index (χ2v) is 7.51. The van der Waals surface area contributed by atoms with E-state index in [1.165, 1.54) is 0 Å². The highest BCUT2D eigenvalue weighted by Crippen LogP contribution is 2.33. The standard InChI is InChI=1S/C16H17ClN4OS/c17-11-1-2-12-15(7-11)23-16(19-12)20-13-5-10(6-14(13)22)8-21-4-3-18-9-21/h1-4,7,9-10,13-14,22H,5-6,8H2,(H,19,20)/t10?,13-,14-/m1/s1. The molecule has 2 N–H and O–H groups in total. The zero-order valence-electron chi connectivity index (χ0n) is 12.4. The van der Waals surface area contributed by atoms with Crippen molar-refractivity contribution in [1.82, 2.24) is 14.5 Å². The number of nitrogens with one attached hydrogen (secondary N) is 1. The van der Waals surface area contributed by atoms with Gasteiger partial charge in [0.25, 0.3) is 0 Å². The first kappa shape index (κ1) is 14.9. The van der Waals surface area contributed by atoms with Gasteiger partial charge in [0.2, 0.25) is 0 Å². The zero-order valence-corrected chi connectivity index (χ0v) is 14.0. The monoisotopic (exact) mass is 348 g/mol. The fourth-order valence-electron chi connectivity index (χ4n) is 3.23. The molecule has 2 aromatic heterocycles. The number of thiazole rings is 1. The summed E-state index contributed by atoms with van der Waals surface area (Å²) >= 11 is 7.59. The van der Waals surface area contributed by atoms with Gasteiger partial charge in [-0.25, -0.2) is 9.97 Å². The molecule has 0 bridgehead atoms. The number of fused-ring (bicyclic) bond motifs is 1. The first-order valence-corrected chi connectivity index (χ1v) is 8.83. The van der Waals surface area contributed by atoms with Crippen molar-refractivity contribution in [2.24, 2.45) is 5.92 Å². The van der Waals surface area contributed by atoms with Crippen LogP contribution in [0, 0.1) is 5.92 Å². The smallest absolute Gasteiger partial charge is 0.184 e. The van der Waals surface area contributed by atoms with Crippen molar-refractivity contribution in [2.75, 3.05) is 5.32 Å². The van der Waals surface area contributed by atoms with Crippen LogP contribution in [0.15, 0.2) is 36.9 Å². The SMILES string of the molecule is O[C@@H]1CC(Cn2ccnc2)C[C@H]1Nc1nc2ccc(Cl)cc2s1. The highest BCUT2D eigenvalue weighted by atomic mass is 35.5. The molecule has 1 saturated carbocycles. The normalized spacial score (nSPS) is 24.3. The highest BCUT2D eigenvalue weighted by Gasteiger charge is 2.33. The average molecular weight is 349 g/mol.